The van der Waals surface area contributed by atoms with Gasteiger partial charge in [0, 0.05) is 42.1 Å². The maximum Gasteiger partial charge on any atom is 0.378 e. The van der Waals surface area contributed by atoms with Crippen molar-refractivity contribution in [2.45, 2.75) is 11.4 Å². The lowest BCUT2D eigenvalue weighted by Gasteiger charge is -2.25. The number of aromatic nitrogens is 2. The van der Waals surface area contributed by atoms with E-state index in [0.29, 0.717) is 6.54 Å². The van der Waals surface area contributed by atoms with Crippen LogP contribution in [-0.4, -0.2) is 41.2 Å². The molecule has 0 aromatic carbocycles. The Balaban J connectivity index is 1.97. The molecule has 0 radical (unpaired) electrons. The molecule has 0 bridgehead atoms. The first kappa shape index (κ1) is 11.9. The molecule has 2 rings (SSSR count). The van der Waals surface area contributed by atoms with E-state index in [-0.39, 0.29) is 5.82 Å². The van der Waals surface area contributed by atoms with Crippen LogP contribution in [0.3, 0.4) is 0 Å². The number of piperazine rings is 1. The lowest BCUT2D eigenvalue weighted by Crippen LogP contribution is -2.43. The summed E-state index contributed by atoms with van der Waals surface area (Å²) >= 11 is 2.17. The largest absolute Gasteiger partial charge is 0.378 e. The standard InChI is InChI=1S/C8H11BrF2N4O/c9-8(10,11)7-13-6(14-16-7)5-15-3-1-12-2-4-15/h12H,1-5H2. The second-order valence-electron chi connectivity index (χ2n) is 3.54. The molecule has 1 aliphatic heterocycles. The summed E-state index contributed by atoms with van der Waals surface area (Å²) in [6.07, 6.45) is 0. The molecule has 5 nitrogen and oxygen atoms in total. The maximum atomic E-state index is 12.7. The van der Waals surface area contributed by atoms with Crippen LogP contribution in [0.15, 0.2) is 4.52 Å². The van der Waals surface area contributed by atoms with Gasteiger partial charge >= 0.3 is 10.7 Å². The molecule has 0 unspecified atom stereocenters. The van der Waals surface area contributed by atoms with E-state index >= 15 is 0 Å². The second kappa shape index (κ2) is 4.72. The highest BCUT2D eigenvalue weighted by Gasteiger charge is 2.34. The van der Waals surface area contributed by atoms with Gasteiger partial charge in [0.15, 0.2) is 5.82 Å². The van der Waals surface area contributed by atoms with Crippen molar-refractivity contribution in [1.29, 1.82) is 0 Å². The zero-order valence-corrected chi connectivity index (χ0v) is 10.0. The summed E-state index contributed by atoms with van der Waals surface area (Å²) in [4.78, 5) is 2.47. The Morgan fingerprint density at radius 1 is 1.44 bits per heavy atom. The van der Waals surface area contributed by atoms with Crippen LogP contribution >= 0.6 is 15.9 Å². The number of rotatable bonds is 3. The molecule has 0 aliphatic carbocycles. The number of alkyl halides is 3. The van der Waals surface area contributed by atoms with Crippen LogP contribution in [-0.2, 0) is 11.4 Å². The summed E-state index contributed by atoms with van der Waals surface area (Å²) in [6.45, 7) is 3.93. The lowest BCUT2D eigenvalue weighted by atomic mass is 10.3. The van der Waals surface area contributed by atoms with Crippen molar-refractivity contribution in [1.82, 2.24) is 20.4 Å². The molecule has 16 heavy (non-hydrogen) atoms. The predicted octanol–water partition coefficient (Wildman–Crippen LogP) is 0.919. The minimum absolute atomic E-state index is 0.288. The average Bonchev–Trinajstić information content (AvgIpc) is 2.67. The Labute approximate surface area is 99.3 Å². The third-order valence-electron chi connectivity index (χ3n) is 2.29. The summed E-state index contributed by atoms with van der Waals surface area (Å²) in [5.41, 5.74) is 0. The monoisotopic (exact) mass is 296 g/mol. The highest BCUT2D eigenvalue weighted by atomic mass is 79.9. The Hall–Kier alpha value is -0.600. The zero-order valence-electron chi connectivity index (χ0n) is 8.42. The van der Waals surface area contributed by atoms with Crippen molar-refractivity contribution >= 4 is 15.9 Å². The average molecular weight is 297 g/mol. The number of hydrogen-bond donors (Lipinski definition) is 1. The van der Waals surface area contributed by atoms with Gasteiger partial charge in [-0.25, -0.2) is 0 Å². The summed E-state index contributed by atoms with van der Waals surface area (Å²) in [7, 11) is 0. The lowest BCUT2D eigenvalue weighted by molar-refractivity contribution is 0.0725. The number of halogens is 3. The topological polar surface area (TPSA) is 54.2 Å². The molecule has 0 spiro atoms. The van der Waals surface area contributed by atoms with E-state index in [9.17, 15) is 8.78 Å². The predicted molar refractivity (Wildman–Crippen MR) is 55.3 cm³/mol. The number of nitrogens with one attached hydrogen (secondary N) is 1. The van der Waals surface area contributed by atoms with Crippen molar-refractivity contribution in [3.63, 3.8) is 0 Å². The van der Waals surface area contributed by atoms with Crippen molar-refractivity contribution in [2.24, 2.45) is 0 Å². The van der Waals surface area contributed by atoms with Crippen LogP contribution in [0.5, 0.6) is 0 Å². The minimum atomic E-state index is -3.25. The zero-order chi connectivity index (χ0) is 11.6. The third kappa shape index (κ3) is 2.96. The molecular formula is C8H11BrF2N4O. The Morgan fingerprint density at radius 2 is 2.12 bits per heavy atom. The molecular weight excluding hydrogens is 286 g/mol. The fraction of sp³-hybridized carbons (Fsp3) is 0.750. The molecule has 8 heteroatoms. The van der Waals surface area contributed by atoms with Gasteiger partial charge in [-0.15, -0.1) is 0 Å². The van der Waals surface area contributed by atoms with Gasteiger partial charge in [0.25, 0.3) is 0 Å². The third-order valence-corrected chi connectivity index (χ3v) is 2.62. The van der Waals surface area contributed by atoms with E-state index in [1.165, 1.54) is 0 Å². The molecule has 1 saturated heterocycles. The van der Waals surface area contributed by atoms with Gasteiger partial charge in [-0.05, 0) is 0 Å². The minimum Gasteiger partial charge on any atom is -0.331 e. The Kier molecular flexibility index (Phi) is 3.50. The molecule has 1 aliphatic rings. The Morgan fingerprint density at radius 3 is 2.69 bits per heavy atom. The van der Waals surface area contributed by atoms with E-state index in [1.807, 2.05) is 0 Å². The number of hydrogen-bond acceptors (Lipinski definition) is 5. The van der Waals surface area contributed by atoms with E-state index in [4.69, 9.17) is 0 Å². The molecule has 1 N–H and O–H groups in total. The van der Waals surface area contributed by atoms with Crippen molar-refractivity contribution < 1.29 is 13.3 Å². The molecule has 0 amide bonds. The smallest absolute Gasteiger partial charge is 0.331 e. The van der Waals surface area contributed by atoms with Gasteiger partial charge in [0.1, 0.15) is 0 Å². The molecule has 2 heterocycles. The van der Waals surface area contributed by atoms with Crippen LogP contribution in [0.25, 0.3) is 0 Å². The van der Waals surface area contributed by atoms with Crippen molar-refractivity contribution in [2.75, 3.05) is 26.2 Å². The molecule has 1 aromatic heterocycles. The summed E-state index contributed by atoms with van der Waals surface area (Å²) in [5.74, 6) is -0.409. The van der Waals surface area contributed by atoms with Crippen LogP contribution in [0, 0.1) is 0 Å². The summed E-state index contributed by atoms with van der Waals surface area (Å²) < 4.78 is 30.0. The first-order chi connectivity index (χ1) is 7.55. The first-order valence-electron chi connectivity index (χ1n) is 4.88. The fourth-order valence-electron chi connectivity index (χ4n) is 1.50. The highest BCUT2D eigenvalue weighted by molar-refractivity contribution is 9.09. The SMILES string of the molecule is FC(F)(Br)c1nc(CN2CCNCC2)no1. The van der Waals surface area contributed by atoms with Gasteiger partial charge in [-0.2, -0.15) is 13.8 Å². The van der Waals surface area contributed by atoms with Gasteiger partial charge < -0.3 is 9.84 Å². The van der Waals surface area contributed by atoms with E-state index in [1.54, 1.807) is 0 Å². The highest BCUT2D eigenvalue weighted by Crippen LogP contribution is 2.32. The van der Waals surface area contributed by atoms with Gasteiger partial charge in [0.05, 0.1) is 6.54 Å². The fourth-order valence-corrected chi connectivity index (χ4v) is 1.66. The molecule has 1 aromatic rings. The normalized spacial score (nSPS) is 18.9. The molecule has 0 atom stereocenters. The quantitative estimate of drug-likeness (QED) is 0.841. The van der Waals surface area contributed by atoms with E-state index in [2.05, 4.69) is 40.8 Å². The van der Waals surface area contributed by atoms with Crippen LogP contribution in [0.1, 0.15) is 11.7 Å². The molecule has 90 valence electrons. The van der Waals surface area contributed by atoms with Gasteiger partial charge in [-0.1, -0.05) is 5.16 Å². The van der Waals surface area contributed by atoms with Crippen LogP contribution in [0.4, 0.5) is 8.78 Å². The maximum absolute atomic E-state index is 12.7. The van der Waals surface area contributed by atoms with E-state index in [0.717, 1.165) is 26.2 Å². The molecule has 0 saturated carbocycles. The van der Waals surface area contributed by atoms with Crippen molar-refractivity contribution in [3.05, 3.63) is 11.7 Å². The first-order valence-corrected chi connectivity index (χ1v) is 5.68. The van der Waals surface area contributed by atoms with Crippen LogP contribution < -0.4 is 5.32 Å². The van der Waals surface area contributed by atoms with Crippen LogP contribution in [0.2, 0.25) is 0 Å². The number of nitrogens with zero attached hydrogens (tertiary/aromatic N) is 3. The van der Waals surface area contributed by atoms with E-state index < -0.39 is 10.7 Å². The van der Waals surface area contributed by atoms with Crippen molar-refractivity contribution in [3.8, 4) is 0 Å². The Bertz CT molecular complexity index is 348. The van der Waals surface area contributed by atoms with Gasteiger partial charge in [0.2, 0.25) is 0 Å². The molecule has 1 fully saturated rings. The summed E-state index contributed by atoms with van der Waals surface area (Å²) in [5, 5.41) is 6.72. The second-order valence-corrected chi connectivity index (χ2v) is 4.54. The van der Waals surface area contributed by atoms with Gasteiger partial charge in [-0.3, -0.25) is 4.90 Å². The summed E-state index contributed by atoms with van der Waals surface area (Å²) in [6, 6.07) is 0.